The van der Waals surface area contributed by atoms with E-state index < -0.39 is 5.97 Å². The quantitative estimate of drug-likeness (QED) is 0.407. The van der Waals surface area contributed by atoms with E-state index in [0.717, 1.165) is 24.1 Å². The molecule has 0 spiro atoms. The summed E-state index contributed by atoms with van der Waals surface area (Å²) in [7, 11) is 3.88. The van der Waals surface area contributed by atoms with Crippen molar-refractivity contribution >= 4 is 17.7 Å². The van der Waals surface area contributed by atoms with Crippen LogP contribution in [0.15, 0.2) is 29.8 Å². The van der Waals surface area contributed by atoms with Gasteiger partial charge in [0, 0.05) is 26.3 Å². The van der Waals surface area contributed by atoms with Crippen molar-refractivity contribution < 1.29 is 9.53 Å². The highest BCUT2D eigenvalue weighted by Crippen LogP contribution is 2.15. The van der Waals surface area contributed by atoms with Gasteiger partial charge in [-0.3, -0.25) is 0 Å². The lowest BCUT2D eigenvalue weighted by Crippen LogP contribution is -2.12. The average molecular weight is 354 g/mol. The molecule has 0 saturated heterocycles. The second-order valence-corrected chi connectivity index (χ2v) is 5.90. The third-order valence-corrected chi connectivity index (χ3v) is 3.72. The number of aryl methyl sites for hydroxylation is 1. The molecule has 0 aliphatic carbocycles. The van der Waals surface area contributed by atoms with E-state index in [1.165, 1.54) is 6.08 Å². The van der Waals surface area contributed by atoms with Gasteiger partial charge in [0.15, 0.2) is 12.4 Å². The zero-order valence-corrected chi connectivity index (χ0v) is 15.2. The van der Waals surface area contributed by atoms with Crippen LogP contribution >= 0.6 is 0 Å². The Morgan fingerprint density at radius 1 is 1.35 bits per heavy atom. The molecule has 0 unspecified atom stereocenters. The van der Waals surface area contributed by atoms with Gasteiger partial charge >= 0.3 is 5.97 Å². The number of anilines is 1. The van der Waals surface area contributed by atoms with Gasteiger partial charge in [0.2, 0.25) is 0 Å². The minimum absolute atomic E-state index is 0.0739. The fourth-order valence-corrected chi connectivity index (χ4v) is 2.19. The summed E-state index contributed by atoms with van der Waals surface area (Å²) in [6.45, 7) is 2.66. The number of carbonyl (C=O) groups is 1. The van der Waals surface area contributed by atoms with E-state index in [1.54, 1.807) is 4.68 Å². The Bertz CT molecular complexity index is 802. The molecule has 1 aromatic carbocycles. The van der Waals surface area contributed by atoms with Gasteiger partial charge in [-0.25, -0.2) is 9.48 Å². The summed E-state index contributed by atoms with van der Waals surface area (Å²) < 4.78 is 6.80. The first-order valence-corrected chi connectivity index (χ1v) is 8.36. The number of unbranched alkanes of at least 4 members (excludes halogenated alkanes) is 1. The van der Waals surface area contributed by atoms with Crippen molar-refractivity contribution in [3.05, 3.63) is 41.2 Å². The highest BCUT2D eigenvalue weighted by Gasteiger charge is 2.14. The molecule has 136 valence electrons. The summed E-state index contributed by atoms with van der Waals surface area (Å²) in [5, 5.41) is 20.6. The van der Waals surface area contributed by atoms with Crippen LogP contribution in [0.3, 0.4) is 0 Å². The molecule has 2 rings (SSSR count). The molecule has 0 bridgehead atoms. The number of tetrazole rings is 1. The molecule has 8 nitrogen and oxygen atoms in total. The molecule has 8 heteroatoms. The molecule has 0 radical (unpaired) electrons. The van der Waals surface area contributed by atoms with Crippen LogP contribution in [0.2, 0.25) is 0 Å². The number of esters is 1. The van der Waals surface area contributed by atoms with Crippen LogP contribution < -0.4 is 4.90 Å². The number of hydrogen-bond donors (Lipinski definition) is 0. The number of rotatable bonds is 8. The average Bonchev–Trinajstić information content (AvgIpc) is 3.10. The zero-order chi connectivity index (χ0) is 18.9. The summed E-state index contributed by atoms with van der Waals surface area (Å²) >= 11 is 0. The van der Waals surface area contributed by atoms with Crippen molar-refractivity contribution in [3.8, 4) is 6.07 Å². The van der Waals surface area contributed by atoms with Crippen molar-refractivity contribution in [1.82, 2.24) is 20.2 Å². The van der Waals surface area contributed by atoms with E-state index in [4.69, 9.17) is 4.74 Å². The number of hydrogen-bond acceptors (Lipinski definition) is 7. The number of aromatic nitrogens is 4. The summed E-state index contributed by atoms with van der Waals surface area (Å²) in [5.41, 5.74) is 1.70. The first-order chi connectivity index (χ1) is 12.5. The molecule has 0 atom stereocenters. The molecule has 1 heterocycles. The zero-order valence-electron chi connectivity index (χ0n) is 15.2. The molecule has 26 heavy (non-hydrogen) atoms. The molecule has 1 aromatic heterocycles. The second-order valence-electron chi connectivity index (χ2n) is 5.90. The highest BCUT2D eigenvalue weighted by molar-refractivity contribution is 5.97. The van der Waals surface area contributed by atoms with Gasteiger partial charge in [0.1, 0.15) is 11.6 Å². The lowest BCUT2D eigenvalue weighted by atomic mass is 10.1. The maximum absolute atomic E-state index is 12.2. The van der Waals surface area contributed by atoms with Gasteiger partial charge in [0.05, 0.1) is 0 Å². The van der Waals surface area contributed by atoms with Crippen molar-refractivity contribution in [3.63, 3.8) is 0 Å². The fourth-order valence-electron chi connectivity index (χ4n) is 2.19. The summed E-state index contributed by atoms with van der Waals surface area (Å²) in [4.78, 5) is 14.1. The topological polar surface area (TPSA) is 96.9 Å². The lowest BCUT2D eigenvalue weighted by molar-refractivity contribution is -0.140. The maximum Gasteiger partial charge on any atom is 0.349 e. The molecular formula is C18H22N6O2. The number of benzene rings is 1. The Morgan fingerprint density at radius 3 is 2.69 bits per heavy atom. The van der Waals surface area contributed by atoms with Crippen LogP contribution in [0.5, 0.6) is 0 Å². The third kappa shape index (κ3) is 5.14. The first-order valence-electron chi connectivity index (χ1n) is 8.36. The highest BCUT2D eigenvalue weighted by atomic mass is 16.5. The van der Waals surface area contributed by atoms with E-state index >= 15 is 0 Å². The first kappa shape index (κ1) is 19.1. The molecule has 0 N–H and O–H groups in total. The molecular weight excluding hydrogens is 332 g/mol. The maximum atomic E-state index is 12.2. The van der Waals surface area contributed by atoms with E-state index in [1.807, 2.05) is 49.3 Å². The van der Waals surface area contributed by atoms with Crippen LogP contribution in [0.1, 0.15) is 31.2 Å². The monoisotopic (exact) mass is 354 g/mol. The molecule has 2 aromatic rings. The van der Waals surface area contributed by atoms with E-state index in [9.17, 15) is 10.1 Å². The Balaban J connectivity index is 2.02. The molecule has 0 saturated carbocycles. The van der Waals surface area contributed by atoms with Gasteiger partial charge in [-0.1, -0.05) is 25.5 Å². The number of nitriles is 1. The molecule has 0 aliphatic rings. The smallest absolute Gasteiger partial charge is 0.349 e. The minimum Gasteiger partial charge on any atom is -0.453 e. The van der Waals surface area contributed by atoms with Crippen molar-refractivity contribution in [1.29, 1.82) is 5.26 Å². The van der Waals surface area contributed by atoms with Gasteiger partial charge < -0.3 is 9.64 Å². The predicted molar refractivity (Wildman–Crippen MR) is 96.9 cm³/mol. The Morgan fingerprint density at radius 2 is 2.08 bits per heavy atom. The van der Waals surface area contributed by atoms with E-state index in [0.29, 0.717) is 12.4 Å². The Hall–Kier alpha value is -3.21. The van der Waals surface area contributed by atoms with Gasteiger partial charge in [0.25, 0.3) is 0 Å². The van der Waals surface area contributed by atoms with E-state index in [2.05, 4.69) is 22.4 Å². The third-order valence-electron chi connectivity index (χ3n) is 3.72. The van der Waals surface area contributed by atoms with Crippen molar-refractivity contribution in [2.75, 3.05) is 19.0 Å². The van der Waals surface area contributed by atoms with Crippen LogP contribution in [0.25, 0.3) is 6.08 Å². The second kappa shape index (κ2) is 9.32. The Kier molecular flexibility index (Phi) is 6.85. The van der Waals surface area contributed by atoms with E-state index in [-0.39, 0.29) is 12.2 Å². The number of nitrogens with zero attached hydrogens (tertiary/aromatic N) is 6. The lowest BCUT2D eigenvalue weighted by Gasteiger charge is -2.11. The summed E-state index contributed by atoms with van der Waals surface area (Å²) in [6, 6.07) is 9.38. The molecule has 0 amide bonds. The van der Waals surface area contributed by atoms with Crippen LogP contribution in [-0.4, -0.2) is 40.3 Å². The number of ether oxygens (including phenoxy) is 1. The predicted octanol–water partition coefficient (Wildman–Crippen LogP) is 2.19. The summed E-state index contributed by atoms with van der Waals surface area (Å²) in [6.07, 6.45) is 3.44. The Labute approximate surface area is 152 Å². The van der Waals surface area contributed by atoms with Gasteiger partial charge in [-0.15, -0.1) is 5.10 Å². The molecule has 0 aliphatic heterocycles. The largest absolute Gasteiger partial charge is 0.453 e. The van der Waals surface area contributed by atoms with Crippen LogP contribution in [-0.2, 0) is 22.7 Å². The minimum atomic E-state index is -0.700. The SMILES string of the molecule is CCCCn1nnnc1COC(=O)/C(C#N)=C/c1ccc(N(C)C)cc1. The van der Waals surface area contributed by atoms with Crippen molar-refractivity contribution in [2.45, 2.75) is 32.9 Å². The standard InChI is InChI=1S/C18H22N6O2/c1-4-5-10-24-17(20-21-22-24)13-26-18(25)15(12-19)11-14-6-8-16(9-7-14)23(2)3/h6-9,11H,4-5,10,13H2,1-3H3/b15-11+. The van der Waals surface area contributed by atoms with Crippen LogP contribution in [0, 0.1) is 11.3 Å². The number of carbonyl (C=O) groups excluding carboxylic acids is 1. The van der Waals surface area contributed by atoms with Crippen molar-refractivity contribution in [2.24, 2.45) is 0 Å². The van der Waals surface area contributed by atoms with Crippen LogP contribution in [0.4, 0.5) is 5.69 Å². The fraction of sp³-hybridized carbons (Fsp3) is 0.389. The molecule has 0 fully saturated rings. The van der Waals surface area contributed by atoms with Gasteiger partial charge in [-0.05, 0) is 40.6 Å². The van der Waals surface area contributed by atoms with Gasteiger partial charge in [-0.2, -0.15) is 5.26 Å². The normalized spacial score (nSPS) is 11.1. The summed E-state index contributed by atoms with van der Waals surface area (Å²) in [5.74, 6) is -0.242.